The van der Waals surface area contributed by atoms with Crippen molar-refractivity contribution in [1.82, 2.24) is 4.90 Å². The van der Waals surface area contributed by atoms with Gasteiger partial charge in [0.05, 0.1) is 18.7 Å². The maximum Gasteiger partial charge on any atom is 0.341 e. The van der Waals surface area contributed by atoms with E-state index in [0.29, 0.717) is 35.7 Å². The Hall–Kier alpha value is -1.70. The Balaban J connectivity index is 1.46. The van der Waals surface area contributed by atoms with Gasteiger partial charge in [-0.2, -0.15) is 0 Å². The quantitative estimate of drug-likeness (QED) is 0.683. The number of hydrogen-bond donors (Lipinski definition) is 1. The molecule has 0 unspecified atom stereocenters. The number of hydrogen-bond acceptors (Lipinski definition) is 6. The first-order chi connectivity index (χ1) is 13.2. The van der Waals surface area contributed by atoms with E-state index in [1.165, 1.54) is 16.2 Å². The van der Waals surface area contributed by atoms with E-state index in [1.807, 2.05) is 5.38 Å². The number of esters is 1. The van der Waals surface area contributed by atoms with E-state index in [-0.39, 0.29) is 11.9 Å². The fourth-order valence-corrected chi connectivity index (χ4v) is 5.68. The summed E-state index contributed by atoms with van der Waals surface area (Å²) in [6.45, 7) is 3.42. The second kappa shape index (κ2) is 8.12. The van der Waals surface area contributed by atoms with Gasteiger partial charge in [0.1, 0.15) is 5.00 Å². The molecule has 27 heavy (non-hydrogen) atoms. The van der Waals surface area contributed by atoms with E-state index in [1.54, 1.807) is 18.3 Å². The molecule has 7 heteroatoms. The lowest BCUT2D eigenvalue weighted by Gasteiger charge is -2.22. The van der Waals surface area contributed by atoms with Gasteiger partial charge in [-0.05, 0) is 67.5 Å². The summed E-state index contributed by atoms with van der Waals surface area (Å²) in [4.78, 5) is 28.7. The van der Waals surface area contributed by atoms with Gasteiger partial charge in [0, 0.05) is 10.9 Å². The zero-order valence-corrected chi connectivity index (χ0v) is 17.0. The number of amides is 1. The van der Waals surface area contributed by atoms with Crippen molar-refractivity contribution in [2.75, 3.05) is 25.0 Å². The van der Waals surface area contributed by atoms with Crippen molar-refractivity contribution in [3.05, 3.63) is 38.9 Å². The molecule has 1 atom stereocenters. The number of nitrogens with one attached hydrogen (secondary N) is 1. The van der Waals surface area contributed by atoms with Gasteiger partial charge in [0.15, 0.2) is 0 Å². The third kappa shape index (κ3) is 4.10. The molecule has 5 nitrogen and oxygen atoms in total. The van der Waals surface area contributed by atoms with Crippen LogP contribution in [0.1, 0.15) is 65.4 Å². The van der Waals surface area contributed by atoms with Crippen LogP contribution in [0.3, 0.4) is 0 Å². The summed E-state index contributed by atoms with van der Waals surface area (Å²) in [5.41, 5.74) is 1.60. The summed E-state index contributed by atoms with van der Waals surface area (Å²) in [6, 6.07) is 4.53. The van der Waals surface area contributed by atoms with Gasteiger partial charge in [-0.15, -0.1) is 22.7 Å². The second-order valence-electron chi connectivity index (χ2n) is 7.08. The van der Waals surface area contributed by atoms with Crippen LogP contribution in [0.25, 0.3) is 0 Å². The molecule has 0 spiro atoms. The first kappa shape index (κ1) is 18.7. The van der Waals surface area contributed by atoms with Crippen LogP contribution in [0.2, 0.25) is 0 Å². The van der Waals surface area contributed by atoms with Crippen LogP contribution < -0.4 is 5.32 Å². The first-order valence-corrected chi connectivity index (χ1v) is 11.3. The monoisotopic (exact) mass is 404 g/mol. The number of ether oxygens (including phenoxy) is 1. The molecule has 1 saturated carbocycles. The van der Waals surface area contributed by atoms with Crippen LogP contribution in [-0.4, -0.2) is 36.5 Å². The highest BCUT2D eigenvalue weighted by molar-refractivity contribution is 7.15. The third-order valence-electron chi connectivity index (χ3n) is 5.15. The van der Waals surface area contributed by atoms with E-state index in [9.17, 15) is 9.59 Å². The molecule has 0 bridgehead atoms. The Labute approximate surface area is 167 Å². The molecule has 2 aromatic rings. The minimum Gasteiger partial charge on any atom is -0.462 e. The molecular weight excluding hydrogens is 380 g/mol. The summed E-state index contributed by atoms with van der Waals surface area (Å²) < 4.78 is 5.23. The zero-order valence-electron chi connectivity index (χ0n) is 15.4. The van der Waals surface area contributed by atoms with Crippen LogP contribution in [0.4, 0.5) is 5.00 Å². The fourth-order valence-electron chi connectivity index (χ4n) is 3.74. The maximum absolute atomic E-state index is 12.7. The van der Waals surface area contributed by atoms with Crippen molar-refractivity contribution in [1.29, 1.82) is 0 Å². The van der Waals surface area contributed by atoms with Crippen LogP contribution in [0.15, 0.2) is 22.9 Å². The molecular formula is C20H24N2O3S2. The maximum atomic E-state index is 12.7. The number of carbonyl (C=O) groups excluding carboxylic acids is 2. The van der Waals surface area contributed by atoms with Crippen molar-refractivity contribution < 1.29 is 14.3 Å². The van der Waals surface area contributed by atoms with Crippen molar-refractivity contribution >= 4 is 39.6 Å². The Morgan fingerprint density at radius 3 is 2.85 bits per heavy atom. The fraction of sp³-hybridized carbons (Fsp3) is 0.500. The highest BCUT2D eigenvalue weighted by atomic mass is 32.1. The first-order valence-electron chi connectivity index (χ1n) is 9.53. The molecule has 0 radical (unpaired) electrons. The summed E-state index contributed by atoms with van der Waals surface area (Å²) in [5.74, 6) is 0.0508. The van der Waals surface area contributed by atoms with Crippen LogP contribution in [0.5, 0.6) is 0 Å². The SMILES string of the molecule is CCOC(=O)c1c(C2CC2)csc1NC(=O)CN1CCC[C@@H]1c1cccs1. The number of thiophene rings is 2. The summed E-state index contributed by atoms with van der Waals surface area (Å²) in [7, 11) is 0. The molecule has 3 heterocycles. The van der Waals surface area contributed by atoms with Gasteiger partial charge >= 0.3 is 5.97 Å². The van der Waals surface area contributed by atoms with Gasteiger partial charge in [0.2, 0.25) is 5.91 Å². The lowest BCUT2D eigenvalue weighted by atomic mass is 10.1. The summed E-state index contributed by atoms with van der Waals surface area (Å²) >= 11 is 3.18. The third-order valence-corrected chi connectivity index (χ3v) is 7.04. The predicted molar refractivity (Wildman–Crippen MR) is 109 cm³/mol. The minimum absolute atomic E-state index is 0.0619. The van der Waals surface area contributed by atoms with Crippen LogP contribution in [0, 0.1) is 0 Å². The van der Waals surface area contributed by atoms with E-state index in [4.69, 9.17) is 4.74 Å². The van der Waals surface area contributed by atoms with E-state index >= 15 is 0 Å². The lowest BCUT2D eigenvalue weighted by molar-refractivity contribution is -0.117. The number of carbonyl (C=O) groups is 2. The van der Waals surface area contributed by atoms with Crippen molar-refractivity contribution in [2.24, 2.45) is 0 Å². The molecule has 1 aliphatic heterocycles. The summed E-state index contributed by atoms with van der Waals surface area (Å²) in [5, 5.41) is 7.71. The van der Waals surface area contributed by atoms with Gasteiger partial charge in [-0.25, -0.2) is 4.79 Å². The Morgan fingerprint density at radius 2 is 2.15 bits per heavy atom. The highest BCUT2D eigenvalue weighted by Gasteiger charge is 2.33. The van der Waals surface area contributed by atoms with E-state index in [2.05, 4.69) is 27.7 Å². The predicted octanol–water partition coefficient (Wildman–Crippen LogP) is 4.64. The molecule has 144 valence electrons. The van der Waals surface area contributed by atoms with Gasteiger partial charge in [0.25, 0.3) is 0 Å². The second-order valence-corrected chi connectivity index (χ2v) is 8.94. The number of nitrogens with zero attached hydrogens (tertiary/aromatic N) is 1. The van der Waals surface area contributed by atoms with Crippen molar-refractivity contribution in [3.63, 3.8) is 0 Å². The average molecular weight is 405 g/mol. The standard InChI is InChI=1S/C20H24N2O3S2/c1-2-25-20(24)18-14(13-7-8-13)12-27-19(18)21-17(23)11-22-9-3-5-15(22)16-6-4-10-26-16/h4,6,10,12-13,15H,2-3,5,7-9,11H2,1H3,(H,21,23)/t15-/m1/s1. The normalized spacial score (nSPS) is 20.0. The smallest absolute Gasteiger partial charge is 0.341 e. The van der Waals surface area contributed by atoms with E-state index < -0.39 is 0 Å². The lowest BCUT2D eigenvalue weighted by Crippen LogP contribution is -2.32. The van der Waals surface area contributed by atoms with Gasteiger partial charge in [-0.1, -0.05) is 6.07 Å². The topological polar surface area (TPSA) is 58.6 Å². The molecule has 1 amide bonds. The van der Waals surface area contributed by atoms with Crippen molar-refractivity contribution in [3.8, 4) is 0 Å². The average Bonchev–Trinajstić information content (AvgIpc) is 3.03. The summed E-state index contributed by atoms with van der Waals surface area (Å²) in [6.07, 6.45) is 4.40. The van der Waals surface area contributed by atoms with Crippen molar-refractivity contribution in [2.45, 2.75) is 44.6 Å². The molecule has 0 aromatic carbocycles. The molecule has 4 rings (SSSR count). The molecule has 2 fully saturated rings. The van der Waals surface area contributed by atoms with Gasteiger partial charge in [-0.3, -0.25) is 9.69 Å². The molecule has 1 aliphatic carbocycles. The minimum atomic E-state index is -0.325. The Morgan fingerprint density at radius 1 is 1.30 bits per heavy atom. The number of anilines is 1. The molecule has 1 saturated heterocycles. The van der Waals surface area contributed by atoms with Crippen LogP contribution in [-0.2, 0) is 9.53 Å². The largest absolute Gasteiger partial charge is 0.462 e. The Kier molecular flexibility index (Phi) is 5.61. The van der Waals surface area contributed by atoms with E-state index in [0.717, 1.165) is 37.8 Å². The number of likely N-dealkylation sites (tertiary alicyclic amines) is 1. The highest BCUT2D eigenvalue weighted by Crippen LogP contribution is 2.46. The molecule has 2 aromatic heterocycles. The Bertz CT molecular complexity index is 811. The molecule has 2 aliphatic rings. The zero-order chi connectivity index (χ0) is 18.8. The van der Waals surface area contributed by atoms with Crippen LogP contribution >= 0.6 is 22.7 Å². The molecule has 1 N–H and O–H groups in total. The van der Waals surface area contributed by atoms with Gasteiger partial charge < -0.3 is 10.1 Å². The number of rotatable bonds is 7.